The lowest BCUT2D eigenvalue weighted by Crippen LogP contribution is -2.44. The SMILES string of the molecule is COC(=O)C[C@@H](OC)[C@H](C)N(C)C(=O)OCc1ccccc1. The van der Waals surface area contributed by atoms with E-state index in [4.69, 9.17) is 9.47 Å². The lowest BCUT2D eigenvalue weighted by molar-refractivity contribution is -0.144. The molecule has 1 rings (SSSR count). The zero-order valence-corrected chi connectivity index (χ0v) is 13.4. The first-order chi connectivity index (χ1) is 10.5. The molecule has 0 saturated carbocycles. The summed E-state index contributed by atoms with van der Waals surface area (Å²) < 4.78 is 15.1. The van der Waals surface area contributed by atoms with Gasteiger partial charge in [-0.2, -0.15) is 0 Å². The van der Waals surface area contributed by atoms with Gasteiger partial charge in [-0.25, -0.2) is 4.79 Å². The van der Waals surface area contributed by atoms with Gasteiger partial charge in [-0.3, -0.25) is 4.79 Å². The van der Waals surface area contributed by atoms with Gasteiger partial charge >= 0.3 is 12.1 Å². The molecule has 0 unspecified atom stereocenters. The molecule has 0 aromatic heterocycles. The minimum absolute atomic E-state index is 0.0739. The molecule has 0 aliphatic rings. The molecule has 0 saturated heterocycles. The fourth-order valence-electron chi connectivity index (χ4n) is 1.94. The van der Waals surface area contributed by atoms with E-state index in [9.17, 15) is 9.59 Å². The summed E-state index contributed by atoms with van der Waals surface area (Å²) >= 11 is 0. The number of carbonyl (C=O) groups is 2. The van der Waals surface area contributed by atoms with E-state index in [0.29, 0.717) is 0 Å². The van der Waals surface area contributed by atoms with E-state index in [1.165, 1.54) is 19.1 Å². The summed E-state index contributed by atoms with van der Waals surface area (Å²) in [5.41, 5.74) is 0.912. The van der Waals surface area contributed by atoms with Crippen LogP contribution in [-0.4, -0.2) is 50.4 Å². The van der Waals surface area contributed by atoms with Gasteiger partial charge in [0.2, 0.25) is 0 Å². The van der Waals surface area contributed by atoms with Crippen LogP contribution in [0.4, 0.5) is 4.79 Å². The molecular formula is C16H23NO5. The van der Waals surface area contributed by atoms with E-state index in [-0.39, 0.29) is 25.0 Å². The van der Waals surface area contributed by atoms with Crippen LogP contribution in [0.1, 0.15) is 18.9 Å². The van der Waals surface area contributed by atoms with Gasteiger partial charge in [0.25, 0.3) is 0 Å². The summed E-state index contributed by atoms with van der Waals surface area (Å²) in [6, 6.07) is 9.10. The largest absolute Gasteiger partial charge is 0.469 e. The van der Waals surface area contributed by atoms with Crippen LogP contribution in [0.15, 0.2) is 30.3 Å². The van der Waals surface area contributed by atoms with Gasteiger partial charge in [-0.1, -0.05) is 30.3 Å². The molecule has 0 N–H and O–H groups in total. The number of amides is 1. The van der Waals surface area contributed by atoms with E-state index in [1.807, 2.05) is 30.3 Å². The number of carbonyl (C=O) groups excluding carboxylic acids is 2. The first-order valence-corrected chi connectivity index (χ1v) is 7.02. The first kappa shape index (κ1) is 18.0. The highest BCUT2D eigenvalue weighted by Gasteiger charge is 2.27. The van der Waals surface area contributed by atoms with Crippen LogP contribution in [0.2, 0.25) is 0 Å². The highest BCUT2D eigenvalue weighted by Crippen LogP contribution is 2.12. The second-order valence-corrected chi connectivity index (χ2v) is 4.95. The smallest absolute Gasteiger partial charge is 0.410 e. The lowest BCUT2D eigenvalue weighted by atomic mass is 10.1. The highest BCUT2D eigenvalue weighted by atomic mass is 16.6. The van der Waals surface area contributed by atoms with Crippen molar-refractivity contribution in [1.82, 2.24) is 4.90 Å². The van der Waals surface area contributed by atoms with Crippen molar-refractivity contribution in [1.29, 1.82) is 0 Å². The topological polar surface area (TPSA) is 65.1 Å². The van der Waals surface area contributed by atoms with Crippen molar-refractivity contribution in [3.63, 3.8) is 0 Å². The van der Waals surface area contributed by atoms with Crippen molar-refractivity contribution < 1.29 is 23.8 Å². The third kappa shape index (κ3) is 5.37. The molecule has 1 aromatic carbocycles. The van der Waals surface area contributed by atoms with E-state index in [0.717, 1.165) is 5.56 Å². The van der Waals surface area contributed by atoms with Crippen LogP contribution in [0.5, 0.6) is 0 Å². The van der Waals surface area contributed by atoms with Crippen molar-refractivity contribution in [2.45, 2.75) is 32.1 Å². The Morgan fingerprint density at radius 3 is 2.36 bits per heavy atom. The maximum absolute atomic E-state index is 12.1. The Morgan fingerprint density at radius 1 is 1.18 bits per heavy atom. The Kier molecular flexibility index (Phi) is 7.39. The number of rotatable bonds is 7. The fraction of sp³-hybridized carbons (Fsp3) is 0.500. The van der Waals surface area contributed by atoms with Crippen LogP contribution in [-0.2, 0) is 25.6 Å². The second-order valence-electron chi connectivity index (χ2n) is 4.95. The van der Waals surface area contributed by atoms with Gasteiger partial charge in [0.1, 0.15) is 6.61 Å². The summed E-state index contributed by atoms with van der Waals surface area (Å²) in [6.07, 6.45) is -0.852. The summed E-state index contributed by atoms with van der Waals surface area (Å²) in [5, 5.41) is 0. The zero-order chi connectivity index (χ0) is 16.5. The van der Waals surface area contributed by atoms with Crippen molar-refractivity contribution in [3.05, 3.63) is 35.9 Å². The molecular weight excluding hydrogens is 286 g/mol. The molecule has 0 fully saturated rings. The van der Waals surface area contributed by atoms with Crippen LogP contribution in [0.25, 0.3) is 0 Å². The molecule has 0 spiro atoms. The number of benzene rings is 1. The van der Waals surface area contributed by atoms with Gasteiger partial charge < -0.3 is 19.1 Å². The molecule has 1 amide bonds. The second kappa shape index (κ2) is 9.04. The first-order valence-electron chi connectivity index (χ1n) is 7.02. The van der Waals surface area contributed by atoms with Gasteiger partial charge in [0.15, 0.2) is 0 Å². The third-order valence-corrected chi connectivity index (χ3v) is 3.54. The highest BCUT2D eigenvalue weighted by molar-refractivity contribution is 5.70. The van der Waals surface area contributed by atoms with E-state index >= 15 is 0 Å². The predicted octanol–water partition coefficient (Wildman–Crippen LogP) is 2.22. The Balaban J connectivity index is 2.54. The normalized spacial score (nSPS) is 13.1. The molecule has 0 aliphatic heterocycles. The number of nitrogens with zero attached hydrogens (tertiary/aromatic N) is 1. The summed E-state index contributed by atoms with van der Waals surface area (Å²) in [6.45, 7) is 1.99. The van der Waals surface area contributed by atoms with Crippen LogP contribution < -0.4 is 0 Å². The van der Waals surface area contributed by atoms with E-state index < -0.39 is 12.2 Å². The molecule has 0 heterocycles. The molecule has 2 atom stereocenters. The molecule has 6 heteroatoms. The average Bonchev–Trinajstić information content (AvgIpc) is 2.56. The molecule has 22 heavy (non-hydrogen) atoms. The van der Waals surface area contributed by atoms with Crippen LogP contribution in [0.3, 0.4) is 0 Å². The number of hydrogen-bond donors (Lipinski definition) is 0. The Bertz CT molecular complexity index is 477. The number of hydrogen-bond acceptors (Lipinski definition) is 5. The quantitative estimate of drug-likeness (QED) is 0.723. The number of likely N-dealkylation sites (N-methyl/N-ethyl adjacent to an activating group) is 1. The number of methoxy groups -OCH3 is 2. The predicted molar refractivity (Wildman–Crippen MR) is 81.3 cm³/mol. The summed E-state index contributed by atoms with van der Waals surface area (Å²) in [5.74, 6) is -0.384. The maximum atomic E-state index is 12.1. The standard InChI is InChI=1S/C16H23NO5/c1-12(14(20-3)10-15(18)21-4)17(2)16(19)22-11-13-8-6-5-7-9-13/h5-9,12,14H,10-11H2,1-4H3/t12-,14+/m0/s1. The molecule has 122 valence electrons. The Labute approximate surface area is 131 Å². The van der Waals surface area contributed by atoms with Crippen LogP contribution in [0, 0.1) is 0 Å². The van der Waals surface area contributed by atoms with Gasteiger partial charge in [-0.15, -0.1) is 0 Å². The van der Waals surface area contributed by atoms with Crippen molar-refractivity contribution in [3.8, 4) is 0 Å². The van der Waals surface area contributed by atoms with Gasteiger partial charge in [0.05, 0.1) is 25.7 Å². The van der Waals surface area contributed by atoms with E-state index in [2.05, 4.69) is 4.74 Å². The van der Waals surface area contributed by atoms with Crippen molar-refractivity contribution in [2.75, 3.05) is 21.3 Å². The minimum Gasteiger partial charge on any atom is -0.469 e. The van der Waals surface area contributed by atoms with E-state index in [1.54, 1.807) is 14.0 Å². The Morgan fingerprint density at radius 2 is 1.82 bits per heavy atom. The molecule has 0 radical (unpaired) electrons. The van der Waals surface area contributed by atoms with Crippen LogP contribution >= 0.6 is 0 Å². The number of ether oxygens (including phenoxy) is 3. The molecule has 0 aliphatic carbocycles. The average molecular weight is 309 g/mol. The number of esters is 1. The fourth-order valence-corrected chi connectivity index (χ4v) is 1.94. The summed E-state index contributed by atoms with van der Waals surface area (Å²) in [4.78, 5) is 24.8. The maximum Gasteiger partial charge on any atom is 0.410 e. The molecule has 0 bridgehead atoms. The monoisotopic (exact) mass is 309 g/mol. The Hall–Kier alpha value is -2.08. The molecule has 6 nitrogen and oxygen atoms in total. The van der Waals surface area contributed by atoms with Crippen molar-refractivity contribution >= 4 is 12.1 Å². The zero-order valence-electron chi connectivity index (χ0n) is 13.4. The van der Waals surface area contributed by atoms with Gasteiger partial charge in [-0.05, 0) is 12.5 Å². The third-order valence-electron chi connectivity index (χ3n) is 3.54. The minimum atomic E-state index is -0.469. The summed E-state index contributed by atoms with van der Waals surface area (Å²) in [7, 11) is 4.42. The van der Waals surface area contributed by atoms with Gasteiger partial charge in [0, 0.05) is 14.2 Å². The lowest BCUT2D eigenvalue weighted by Gasteiger charge is -2.29. The molecule has 1 aromatic rings. The van der Waals surface area contributed by atoms with Crippen molar-refractivity contribution in [2.24, 2.45) is 0 Å².